The first-order chi connectivity index (χ1) is 9.72. The summed E-state index contributed by atoms with van der Waals surface area (Å²) < 4.78 is 27.3. The van der Waals surface area contributed by atoms with Gasteiger partial charge in [-0.1, -0.05) is 0 Å². The average Bonchev–Trinajstić information content (AvgIpc) is 2.70. The van der Waals surface area contributed by atoms with Crippen molar-refractivity contribution in [2.75, 3.05) is 4.72 Å². The molecule has 1 aromatic carbocycles. The average molecular weight is 374 g/mol. The third kappa shape index (κ3) is 3.08. The Labute approximate surface area is 129 Å². The number of anilines is 1. The number of sulfonamides is 1. The summed E-state index contributed by atoms with van der Waals surface area (Å²) in [6, 6.07) is 3.78. The lowest BCUT2D eigenvalue weighted by Gasteiger charge is -2.09. The minimum atomic E-state index is -3.95. The number of aromatic nitrogens is 2. The van der Waals surface area contributed by atoms with Gasteiger partial charge in [0.05, 0.1) is 5.56 Å². The van der Waals surface area contributed by atoms with Gasteiger partial charge in [0.1, 0.15) is 4.90 Å². The molecule has 21 heavy (non-hydrogen) atoms. The molecule has 0 aliphatic heterocycles. The van der Waals surface area contributed by atoms with Gasteiger partial charge in [-0.25, -0.2) is 13.2 Å². The van der Waals surface area contributed by atoms with E-state index in [1.807, 2.05) is 0 Å². The van der Waals surface area contributed by atoms with Gasteiger partial charge >= 0.3 is 5.97 Å². The maximum Gasteiger partial charge on any atom is 0.335 e. The number of nitrogens with zero attached hydrogens (tertiary/aromatic N) is 1. The monoisotopic (exact) mass is 373 g/mol. The van der Waals surface area contributed by atoms with Crippen molar-refractivity contribution >= 4 is 37.7 Å². The van der Waals surface area contributed by atoms with Crippen LogP contribution in [0.4, 0.5) is 5.82 Å². The van der Waals surface area contributed by atoms with Crippen LogP contribution < -0.4 is 4.72 Å². The van der Waals surface area contributed by atoms with E-state index in [1.54, 1.807) is 13.8 Å². The molecule has 0 saturated heterocycles. The normalized spacial score (nSPS) is 11.4. The molecule has 0 saturated carbocycles. The Morgan fingerprint density at radius 3 is 2.57 bits per heavy atom. The van der Waals surface area contributed by atoms with Gasteiger partial charge in [0.2, 0.25) is 0 Å². The van der Waals surface area contributed by atoms with E-state index in [1.165, 1.54) is 12.1 Å². The van der Waals surface area contributed by atoms with Gasteiger partial charge in [-0.2, -0.15) is 5.10 Å². The van der Waals surface area contributed by atoms with Crippen molar-refractivity contribution in [2.45, 2.75) is 18.7 Å². The summed E-state index contributed by atoms with van der Waals surface area (Å²) in [5.74, 6) is -1.02. The molecule has 0 bridgehead atoms. The molecule has 3 N–H and O–H groups in total. The molecule has 2 aromatic rings. The van der Waals surface area contributed by atoms with Gasteiger partial charge in [-0.05, 0) is 48.0 Å². The number of rotatable bonds is 4. The van der Waals surface area contributed by atoms with Gasteiger partial charge < -0.3 is 5.11 Å². The highest BCUT2D eigenvalue weighted by molar-refractivity contribution is 9.10. The molecule has 0 spiro atoms. The number of H-pyrrole nitrogens is 1. The fourth-order valence-corrected chi connectivity index (χ4v) is 3.67. The molecule has 0 aliphatic carbocycles. The Morgan fingerprint density at radius 1 is 1.38 bits per heavy atom. The summed E-state index contributed by atoms with van der Waals surface area (Å²) in [5.41, 5.74) is 1.30. The van der Waals surface area contributed by atoms with Crippen LogP contribution in [0, 0.1) is 13.8 Å². The Kier molecular flexibility index (Phi) is 4.06. The number of carboxylic acids is 1. The molecule has 112 valence electrons. The number of halogens is 1. The second-order valence-electron chi connectivity index (χ2n) is 4.38. The van der Waals surface area contributed by atoms with Gasteiger partial charge in [0.25, 0.3) is 10.0 Å². The van der Waals surface area contributed by atoms with Crippen molar-refractivity contribution < 1.29 is 18.3 Å². The summed E-state index contributed by atoms with van der Waals surface area (Å²) in [4.78, 5) is 10.8. The number of aromatic amines is 1. The van der Waals surface area contributed by atoms with Crippen LogP contribution in [0.3, 0.4) is 0 Å². The van der Waals surface area contributed by atoms with E-state index in [9.17, 15) is 13.2 Å². The molecule has 0 amide bonds. The standard InChI is InChI=1S/C12H12BrN3O4S/c1-6-7(2)14-15-11(6)16-21(19,20)10-5-8(12(17)18)3-4-9(10)13/h3-5H,1-2H3,(H,17,18)(H2,14,15,16). The molecule has 1 heterocycles. The molecule has 0 fully saturated rings. The lowest BCUT2D eigenvalue weighted by molar-refractivity contribution is 0.0696. The van der Waals surface area contributed by atoms with Gasteiger partial charge in [-0.3, -0.25) is 9.82 Å². The topological polar surface area (TPSA) is 112 Å². The number of hydrogen-bond acceptors (Lipinski definition) is 4. The van der Waals surface area contributed by atoms with Crippen LogP contribution in [0.5, 0.6) is 0 Å². The smallest absolute Gasteiger partial charge is 0.335 e. The van der Waals surface area contributed by atoms with Crippen molar-refractivity contribution in [2.24, 2.45) is 0 Å². The van der Waals surface area contributed by atoms with Crippen LogP contribution in [-0.2, 0) is 10.0 Å². The number of aromatic carboxylic acids is 1. The predicted octanol–water partition coefficient (Wildman–Crippen LogP) is 2.29. The van der Waals surface area contributed by atoms with Crippen LogP contribution in [0.25, 0.3) is 0 Å². The molecule has 0 unspecified atom stereocenters. The lowest BCUT2D eigenvalue weighted by Crippen LogP contribution is -2.15. The summed E-state index contributed by atoms with van der Waals surface area (Å²) in [6.45, 7) is 3.49. The summed E-state index contributed by atoms with van der Waals surface area (Å²) in [7, 11) is -3.95. The van der Waals surface area contributed by atoms with E-state index in [4.69, 9.17) is 5.11 Å². The first-order valence-electron chi connectivity index (χ1n) is 5.79. The van der Waals surface area contributed by atoms with E-state index in [2.05, 4.69) is 30.8 Å². The van der Waals surface area contributed by atoms with Crippen LogP contribution in [0.2, 0.25) is 0 Å². The molecule has 7 nitrogen and oxygen atoms in total. The van der Waals surface area contributed by atoms with Crippen molar-refractivity contribution in [1.29, 1.82) is 0 Å². The minimum Gasteiger partial charge on any atom is -0.478 e. The zero-order valence-electron chi connectivity index (χ0n) is 11.1. The largest absolute Gasteiger partial charge is 0.478 e. The maximum atomic E-state index is 12.4. The minimum absolute atomic E-state index is 0.117. The maximum absolute atomic E-state index is 12.4. The zero-order chi connectivity index (χ0) is 15.8. The third-order valence-electron chi connectivity index (χ3n) is 2.95. The van der Waals surface area contributed by atoms with E-state index < -0.39 is 16.0 Å². The Bertz CT molecular complexity index is 814. The van der Waals surface area contributed by atoms with Crippen molar-refractivity contribution in [1.82, 2.24) is 10.2 Å². The fourth-order valence-electron chi connectivity index (χ4n) is 1.61. The lowest BCUT2D eigenvalue weighted by atomic mass is 10.2. The second kappa shape index (κ2) is 5.49. The Hall–Kier alpha value is -1.87. The third-order valence-corrected chi connectivity index (χ3v) is 5.28. The molecular weight excluding hydrogens is 362 g/mol. The van der Waals surface area contributed by atoms with E-state index >= 15 is 0 Å². The van der Waals surface area contributed by atoms with Crippen LogP contribution in [0.1, 0.15) is 21.6 Å². The van der Waals surface area contributed by atoms with Crippen molar-refractivity contribution in [3.8, 4) is 0 Å². The molecule has 0 atom stereocenters. The number of carboxylic acid groups (broad SMARTS) is 1. The number of aryl methyl sites for hydroxylation is 1. The quantitative estimate of drug-likeness (QED) is 0.760. The predicted molar refractivity (Wildman–Crippen MR) is 80.0 cm³/mol. The van der Waals surface area contributed by atoms with Crippen LogP contribution in [-0.4, -0.2) is 29.7 Å². The Morgan fingerprint density at radius 2 is 2.05 bits per heavy atom. The first kappa shape index (κ1) is 15.5. The van der Waals surface area contributed by atoms with Gasteiger partial charge in [0.15, 0.2) is 5.82 Å². The van der Waals surface area contributed by atoms with E-state index in [-0.39, 0.29) is 20.7 Å². The summed E-state index contributed by atoms with van der Waals surface area (Å²) in [5, 5.41) is 15.5. The van der Waals surface area contributed by atoms with Crippen molar-refractivity contribution in [3.05, 3.63) is 39.5 Å². The second-order valence-corrected chi connectivity index (χ2v) is 6.88. The van der Waals surface area contributed by atoms with Gasteiger partial charge in [0, 0.05) is 15.7 Å². The zero-order valence-corrected chi connectivity index (χ0v) is 13.5. The molecule has 2 rings (SSSR count). The van der Waals surface area contributed by atoms with E-state index in [0.717, 1.165) is 11.8 Å². The summed E-state index contributed by atoms with van der Waals surface area (Å²) >= 11 is 3.11. The molecule has 0 aliphatic rings. The molecule has 9 heteroatoms. The first-order valence-corrected chi connectivity index (χ1v) is 8.07. The molecular formula is C12H12BrN3O4S. The van der Waals surface area contributed by atoms with Gasteiger partial charge in [-0.15, -0.1) is 0 Å². The number of nitrogens with one attached hydrogen (secondary N) is 2. The number of hydrogen-bond donors (Lipinski definition) is 3. The highest BCUT2D eigenvalue weighted by Gasteiger charge is 2.22. The highest BCUT2D eigenvalue weighted by Crippen LogP contribution is 2.26. The molecule has 0 radical (unpaired) electrons. The summed E-state index contributed by atoms with van der Waals surface area (Å²) in [6.07, 6.45) is 0. The van der Waals surface area contributed by atoms with Crippen molar-refractivity contribution in [3.63, 3.8) is 0 Å². The SMILES string of the molecule is Cc1[nH]nc(NS(=O)(=O)c2cc(C(=O)O)ccc2Br)c1C. The van der Waals surface area contributed by atoms with E-state index in [0.29, 0.717) is 5.56 Å². The van der Waals surface area contributed by atoms with Crippen LogP contribution in [0.15, 0.2) is 27.6 Å². The highest BCUT2D eigenvalue weighted by atomic mass is 79.9. The Balaban J connectivity index is 2.47. The van der Waals surface area contributed by atoms with Crippen LogP contribution >= 0.6 is 15.9 Å². The fraction of sp³-hybridized carbons (Fsp3) is 0.167. The molecule has 1 aromatic heterocycles. The number of benzene rings is 1. The number of carbonyl (C=O) groups is 1.